The molecule has 0 amide bonds. The van der Waals surface area contributed by atoms with Crippen LogP contribution in [-0.4, -0.2) is 4.21 Å². The van der Waals surface area contributed by atoms with Crippen molar-refractivity contribution in [2.45, 2.75) is 39.5 Å². The predicted molar refractivity (Wildman–Crippen MR) is 212 cm³/mol. The fraction of sp³-hybridized carbons (Fsp3) is 0.133. The average molecular weight is 743 g/mol. The molecule has 3 heteroatoms. The fourth-order valence-electron chi connectivity index (χ4n) is 6.85. The van der Waals surface area contributed by atoms with E-state index in [-0.39, 0.29) is 0 Å². The molecule has 0 radical (unpaired) electrons. The molecule has 0 N–H and O–H groups in total. The van der Waals surface area contributed by atoms with E-state index in [9.17, 15) is 0 Å². The van der Waals surface area contributed by atoms with Crippen molar-refractivity contribution >= 4 is 64.3 Å². The van der Waals surface area contributed by atoms with E-state index in [1.807, 2.05) is 0 Å². The van der Waals surface area contributed by atoms with Gasteiger partial charge in [-0.3, -0.25) is 0 Å². The summed E-state index contributed by atoms with van der Waals surface area (Å²) in [5, 5.41) is 10.7. The van der Waals surface area contributed by atoms with E-state index in [0.717, 1.165) is 12.8 Å². The molecule has 0 nitrogen and oxygen atoms in total. The molecule has 0 heterocycles. The quantitative estimate of drug-likeness (QED) is 0.149. The number of fused-ring (bicyclic) bond motifs is 4. The van der Waals surface area contributed by atoms with Gasteiger partial charge in [0.2, 0.25) is 0 Å². The van der Waals surface area contributed by atoms with E-state index in [1.54, 1.807) is 0 Å². The van der Waals surface area contributed by atoms with Crippen LogP contribution < -0.4 is 0 Å². The Hall–Kier alpha value is -3.61. The Bertz CT molecular complexity index is 2150. The van der Waals surface area contributed by atoms with E-state index in [1.165, 1.54) is 89.3 Å². The standard InChI is InChI=1S/2C22H19.CH2.2ClH.Zr/c2*1-2-7-16-14-18-10-6-13-21(22(18)15-16)20-12-5-9-17-8-3-4-11-19(17)20;;;;/h2*3-6,8-15H,2,7H2,1H3;1H2;2*1H;/q2*-1;;;;+2/p-2. The van der Waals surface area contributed by atoms with Crippen LogP contribution in [0.5, 0.6) is 0 Å². The summed E-state index contributed by atoms with van der Waals surface area (Å²) in [5.74, 6) is 0. The third kappa shape index (κ3) is 7.82. The molecule has 8 aromatic carbocycles. The molecule has 0 unspecified atom stereocenters. The number of rotatable bonds is 6. The van der Waals surface area contributed by atoms with Gasteiger partial charge in [-0.25, -0.2) is 0 Å². The van der Waals surface area contributed by atoms with Gasteiger partial charge in [0, 0.05) is 0 Å². The van der Waals surface area contributed by atoms with Gasteiger partial charge in [0.1, 0.15) is 0 Å². The van der Waals surface area contributed by atoms with Crippen molar-refractivity contribution in [1.82, 2.24) is 0 Å². The number of hydrogen-bond acceptors (Lipinski definition) is 0. The summed E-state index contributed by atoms with van der Waals surface area (Å²) in [6.45, 7) is 4.48. The minimum absolute atomic E-state index is 1.16. The number of halogens is 2. The van der Waals surface area contributed by atoms with Gasteiger partial charge in [-0.15, -0.1) is 69.1 Å². The van der Waals surface area contributed by atoms with Crippen LogP contribution in [-0.2, 0) is 31.7 Å². The second kappa shape index (κ2) is 16.2. The molecule has 0 bridgehead atoms. The Morgan fingerprint density at radius 3 is 1.21 bits per heavy atom. The van der Waals surface area contributed by atoms with Gasteiger partial charge < -0.3 is 0 Å². The zero-order valence-electron chi connectivity index (χ0n) is 27.6. The molecule has 0 atom stereocenters. The molecule has 0 aromatic heterocycles. The van der Waals surface area contributed by atoms with E-state index >= 15 is 0 Å². The maximum absolute atomic E-state index is 5.13. The van der Waals surface area contributed by atoms with Crippen molar-refractivity contribution in [3.8, 4) is 22.3 Å². The molecule has 8 aromatic rings. The Balaban J connectivity index is 0.000000151. The Labute approximate surface area is 299 Å². The van der Waals surface area contributed by atoms with Gasteiger partial charge in [-0.05, 0) is 45.5 Å². The van der Waals surface area contributed by atoms with Crippen LogP contribution in [0.25, 0.3) is 65.3 Å². The monoisotopic (exact) mass is 740 g/mol. The SMILES string of the molecule is CCCc1cc2c(-c3cccc4ccccc34)cccc2[cH-]1.CCCc1cc2c(-c3cccc4ccccc34)cccc2[cH-]1.[CH2]=[Zr]([Cl])[Cl]. The Morgan fingerprint density at radius 1 is 0.479 bits per heavy atom. The zero-order valence-corrected chi connectivity index (χ0v) is 31.6. The van der Waals surface area contributed by atoms with Crippen molar-refractivity contribution in [3.05, 3.63) is 157 Å². The molecular weight excluding hydrogens is 703 g/mol. The van der Waals surface area contributed by atoms with Gasteiger partial charge in [0.25, 0.3) is 0 Å². The Morgan fingerprint density at radius 2 is 0.812 bits per heavy atom. The molecule has 240 valence electrons. The number of aryl methyl sites for hydroxylation is 2. The normalized spacial score (nSPS) is 10.9. The summed E-state index contributed by atoms with van der Waals surface area (Å²) < 4.78 is 3.37. The first kappa shape index (κ1) is 34.3. The van der Waals surface area contributed by atoms with Crippen LogP contribution in [0.15, 0.2) is 146 Å². The summed E-state index contributed by atoms with van der Waals surface area (Å²) in [4.78, 5) is 0. The first-order chi connectivity index (χ1) is 23.5. The van der Waals surface area contributed by atoms with Crippen molar-refractivity contribution in [2.24, 2.45) is 0 Å². The molecule has 0 saturated heterocycles. The molecule has 0 spiro atoms. The average Bonchev–Trinajstić information content (AvgIpc) is 3.72. The van der Waals surface area contributed by atoms with E-state index in [0.29, 0.717) is 0 Å². The molecular formula is C45H40Cl2Zr-2. The second-order valence-electron chi connectivity index (χ2n) is 12.2. The fourth-order valence-corrected chi connectivity index (χ4v) is 6.85. The van der Waals surface area contributed by atoms with Gasteiger partial charge in [0.15, 0.2) is 0 Å². The van der Waals surface area contributed by atoms with Crippen molar-refractivity contribution in [1.29, 1.82) is 0 Å². The Kier molecular flexibility index (Phi) is 11.6. The summed E-state index contributed by atoms with van der Waals surface area (Å²) in [7, 11) is 10.3. The molecule has 0 saturated carbocycles. The molecule has 0 aliphatic rings. The second-order valence-corrected chi connectivity index (χ2v) is 20.4. The molecule has 8 rings (SSSR count). The van der Waals surface area contributed by atoms with Crippen LogP contribution in [0.2, 0.25) is 0 Å². The predicted octanol–water partition coefficient (Wildman–Crippen LogP) is 14.0. The summed E-state index contributed by atoms with van der Waals surface area (Å²) >= 11 is -1.85. The van der Waals surface area contributed by atoms with Gasteiger partial charge in [0.05, 0.1) is 0 Å². The zero-order chi connectivity index (χ0) is 33.5. The van der Waals surface area contributed by atoms with Gasteiger partial charge in [-0.2, -0.15) is 12.1 Å². The van der Waals surface area contributed by atoms with Crippen molar-refractivity contribution in [2.75, 3.05) is 0 Å². The molecule has 48 heavy (non-hydrogen) atoms. The van der Waals surface area contributed by atoms with Crippen LogP contribution in [0.4, 0.5) is 0 Å². The van der Waals surface area contributed by atoms with Crippen LogP contribution in [0, 0.1) is 0 Å². The summed E-state index contributed by atoms with van der Waals surface area (Å²) in [5.41, 5.74) is 8.25. The summed E-state index contributed by atoms with van der Waals surface area (Å²) in [6.07, 6.45) is 4.70. The maximum atomic E-state index is 5.13. The van der Waals surface area contributed by atoms with E-state index in [4.69, 9.17) is 17.0 Å². The molecule has 0 aliphatic heterocycles. The number of benzene rings is 6. The first-order valence-corrected chi connectivity index (χ1v) is 24.9. The first-order valence-electron chi connectivity index (χ1n) is 16.8. The van der Waals surface area contributed by atoms with Crippen molar-refractivity contribution < 1.29 is 18.9 Å². The number of hydrogen-bond donors (Lipinski definition) is 0. The van der Waals surface area contributed by atoms with Crippen LogP contribution >= 0.6 is 17.0 Å². The molecule has 0 aliphatic carbocycles. The topological polar surface area (TPSA) is 0 Å². The van der Waals surface area contributed by atoms with Crippen molar-refractivity contribution in [3.63, 3.8) is 0 Å². The van der Waals surface area contributed by atoms with Crippen LogP contribution in [0.1, 0.15) is 37.8 Å². The molecule has 0 fully saturated rings. The van der Waals surface area contributed by atoms with Gasteiger partial charge in [-0.1, -0.05) is 135 Å². The third-order valence-electron chi connectivity index (χ3n) is 8.86. The summed E-state index contributed by atoms with van der Waals surface area (Å²) in [6, 6.07) is 53.2. The van der Waals surface area contributed by atoms with Gasteiger partial charge >= 0.3 is 40.1 Å². The van der Waals surface area contributed by atoms with Crippen LogP contribution in [0.3, 0.4) is 0 Å². The van der Waals surface area contributed by atoms with E-state index < -0.39 is 18.9 Å². The third-order valence-corrected chi connectivity index (χ3v) is 8.86. The minimum atomic E-state index is -1.85. The van der Waals surface area contributed by atoms with E-state index in [2.05, 4.69) is 164 Å².